The van der Waals surface area contributed by atoms with Crippen molar-refractivity contribution in [1.82, 2.24) is 9.97 Å². The molecule has 158 valence electrons. The van der Waals surface area contributed by atoms with Crippen LogP contribution in [-0.2, 0) is 10.0 Å². The molecule has 0 bridgehead atoms. The van der Waals surface area contributed by atoms with Crippen molar-refractivity contribution in [3.63, 3.8) is 0 Å². The highest BCUT2D eigenvalue weighted by Crippen LogP contribution is 2.27. The summed E-state index contributed by atoms with van der Waals surface area (Å²) in [6.07, 6.45) is 0. The molecule has 1 aromatic heterocycles. The molecule has 0 unspecified atom stereocenters. The van der Waals surface area contributed by atoms with E-state index in [1.807, 2.05) is 26.8 Å². The number of rotatable bonds is 8. The summed E-state index contributed by atoms with van der Waals surface area (Å²) in [5.41, 5.74) is 2.04. The summed E-state index contributed by atoms with van der Waals surface area (Å²) in [6.45, 7) is 6.41. The Hall–Kier alpha value is -3.33. The van der Waals surface area contributed by atoms with Gasteiger partial charge in [-0.2, -0.15) is 0 Å². The molecule has 0 aliphatic heterocycles. The summed E-state index contributed by atoms with van der Waals surface area (Å²) in [5.74, 6) is 2.33. The highest BCUT2D eigenvalue weighted by Gasteiger charge is 2.19. The van der Waals surface area contributed by atoms with E-state index >= 15 is 0 Å². The van der Waals surface area contributed by atoms with E-state index < -0.39 is 10.0 Å². The van der Waals surface area contributed by atoms with Crippen LogP contribution in [0, 0.1) is 13.8 Å². The van der Waals surface area contributed by atoms with Crippen LogP contribution in [0.2, 0.25) is 0 Å². The lowest BCUT2D eigenvalue weighted by Gasteiger charge is -2.13. The number of aryl methyl sites for hydroxylation is 2. The Balaban J connectivity index is 1.77. The lowest BCUT2D eigenvalue weighted by molar-refractivity contribution is 0.402. The van der Waals surface area contributed by atoms with E-state index in [1.54, 1.807) is 42.5 Å². The highest BCUT2D eigenvalue weighted by molar-refractivity contribution is 7.92. The van der Waals surface area contributed by atoms with Crippen molar-refractivity contribution in [3.05, 3.63) is 59.9 Å². The van der Waals surface area contributed by atoms with Crippen molar-refractivity contribution in [1.29, 1.82) is 0 Å². The molecule has 30 heavy (non-hydrogen) atoms. The lowest BCUT2D eigenvalue weighted by Crippen LogP contribution is -2.14. The van der Waals surface area contributed by atoms with Crippen molar-refractivity contribution in [3.8, 4) is 5.75 Å². The maximum atomic E-state index is 12.8. The maximum Gasteiger partial charge on any atom is 0.265 e. The first-order chi connectivity index (χ1) is 14.3. The van der Waals surface area contributed by atoms with Crippen LogP contribution < -0.4 is 20.1 Å². The maximum absolute atomic E-state index is 12.8. The average molecular weight is 428 g/mol. The number of hydrogen-bond donors (Lipinski definition) is 3. The predicted octanol–water partition coefficient (Wildman–Crippen LogP) is 4.08. The van der Waals surface area contributed by atoms with Crippen LogP contribution in [0.15, 0.2) is 53.4 Å². The van der Waals surface area contributed by atoms with Crippen molar-refractivity contribution in [2.45, 2.75) is 25.7 Å². The van der Waals surface area contributed by atoms with Gasteiger partial charge in [-0.3, -0.25) is 4.72 Å². The number of sulfonamides is 1. The molecule has 3 rings (SSSR count). The Kier molecular flexibility index (Phi) is 6.41. The fourth-order valence-electron chi connectivity index (χ4n) is 2.88. The zero-order valence-corrected chi connectivity index (χ0v) is 18.2. The summed E-state index contributed by atoms with van der Waals surface area (Å²) in [6, 6.07) is 13.7. The van der Waals surface area contributed by atoms with Crippen molar-refractivity contribution < 1.29 is 13.2 Å². The average Bonchev–Trinajstić information content (AvgIpc) is 2.69. The molecule has 0 radical (unpaired) electrons. The number of benzene rings is 2. The molecule has 3 N–H and O–H groups in total. The van der Waals surface area contributed by atoms with E-state index in [1.165, 1.54) is 7.11 Å². The molecule has 0 saturated heterocycles. The number of nitrogens with one attached hydrogen (secondary N) is 3. The van der Waals surface area contributed by atoms with Gasteiger partial charge in [0.15, 0.2) is 0 Å². The van der Waals surface area contributed by atoms with Crippen molar-refractivity contribution >= 4 is 33.0 Å². The molecule has 0 fully saturated rings. The van der Waals surface area contributed by atoms with E-state index in [0.29, 0.717) is 23.1 Å². The highest BCUT2D eigenvalue weighted by atomic mass is 32.2. The standard InChI is InChI=1S/C21H25N5O3S/c1-5-22-20-13-21(24-15(3)23-20)25-16-7-9-17(10-8-16)26-30(27,28)19-12-14(2)6-11-18(19)29-4/h6-13,26H,5H2,1-4H3,(H2,22,23,24,25). The van der Waals surface area contributed by atoms with Crippen LogP contribution in [0.4, 0.5) is 23.0 Å². The van der Waals surface area contributed by atoms with Crippen LogP contribution in [-0.4, -0.2) is 32.0 Å². The van der Waals surface area contributed by atoms with E-state index in [2.05, 4.69) is 25.3 Å². The monoisotopic (exact) mass is 427 g/mol. The van der Waals surface area contributed by atoms with E-state index in [4.69, 9.17) is 4.74 Å². The molecule has 3 aromatic rings. The molecule has 0 aliphatic rings. The second kappa shape index (κ2) is 9.00. The molecule has 9 heteroatoms. The molecule has 0 saturated carbocycles. The van der Waals surface area contributed by atoms with Crippen LogP contribution >= 0.6 is 0 Å². The van der Waals surface area contributed by atoms with E-state index in [0.717, 1.165) is 23.6 Å². The van der Waals surface area contributed by atoms with Gasteiger partial charge >= 0.3 is 0 Å². The molecular formula is C21H25N5O3S. The molecular weight excluding hydrogens is 402 g/mol. The summed E-state index contributed by atoms with van der Waals surface area (Å²) >= 11 is 0. The van der Waals surface area contributed by atoms with Gasteiger partial charge in [0, 0.05) is 24.0 Å². The van der Waals surface area contributed by atoms with Gasteiger partial charge in [0.1, 0.15) is 28.1 Å². The molecule has 2 aromatic carbocycles. The normalized spacial score (nSPS) is 11.1. The van der Waals surface area contributed by atoms with Gasteiger partial charge in [-0.25, -0.2) is 18.4 Å². The largest absolute Gasteiger partial charge is 0.495 e. The van der Waals surface area contributed by atoms with Crippen molar-refractivity contribution in [2.75, 3.05) is 29.0 Å². The van der Waals surface area contributed by atoms with Gasteiger partial charge in [0.2, 0.25) is 0 Å². The zero-order chi connectivity index (χ0) is 21.7. The fourth-order valence-corrected chi connectivity index (χ4v) is 4.19. The summed E-state index contributed by atoms with van der Waals surface area (Å²) in [7, 11) is -2.35. The number of methoxy groups -OCH3 is 1. The summed E-state index contributed by atoms with van der Waals surface area (Å²) < 4.78 is 33.4. The third-order valence-electron chi connectivity index (χ3n) is 4.21. The minimum atomic E-state index is -3.79. The Morgan fingerprint density at radius 3 is 2.27 bits per heavy atom. The topological polar surface area (TPSA) is 105 Å². The molecule has 1 heterocycles. The Morgan fingerprint density at radius 1 is 0.933 bits per heavy atom. The van der Waals surface area contributed by atoms with E-state index in [9.17, 15) is 8.42 Å². The number of aromatic nitrogens is 2. The van der Waals surface area contributed by atoms with Crippen LogP contribution in [0.5, 0.6) is 5.75 Å². The number of ether oxygens (including phenoxy) is 1. The second-order valence-corrected chi connectivity index (χ2v) is 8.33. The molecule has 0 aliphatic carbocycles. The Bertz CT molecular complexity index is 1130. The van der Waals surface area contributed by atoms with Gasteiger partial charge in [-0.05, 0) is 62.7 Å². The zero-order valence-electron chi connectivity index (χ0n) is 17.4. The van der Waals surface area contributed by atoms with Gasteiger partial charge < -0.3 is 15.4 Å². The summed E-state index contributed by atoms with van der Waals surface area (Å²) in [5, 5.41) is 6.36. The molecule has 0 atom stereocenters. The molecule has 0 spiro atoms. The second-order valence-electron chi connectivity index (χ2n) is 6.68. The number of nitrogens with zero attached hydrogens (tertiary/aromatic N) is 2. The minimum absolute atomic E-state index is 0.0969. The van der Waals surface area contributed by atoms with E-state index in [-0.39, 0.29) is 4.90 Å². The first-order valence-corrected chi connectivity index (χ1v) is 10.9. The summed E-state index contributed by atoms with van der Waals surface area (Å²) in [4.78, 5) is 8.79. The van der Waals surface area contributed by atoms with Gasteiger partial charge in [0.05, 0.1) is 7.11 Å². The first kappa shape index (κ1) is 21.4. The third kappa shape index (κ3) is 5.18. The van der Waals surface area contributed by atoms with Crippen LogP contribution in [0.3, 0.4) is 0 Å². The number of hydrogen-bond acceptors (Lipinski definition) is 7. The minimum Gasteiger partial charge on any atom is -0.495 e. The fraction of sp³-hybridized carbons (Fsp3) is 0.238. The van der Waals surface area contributed by atoms with Crippen molar-refractivity contribution in [2.24, 2.45) is 0 Å². The van der Waals surface area contributed by atoms with Gasteiger partial charge in [0.25, 0.3) is 10.0 Å². The number of anilines is 4. The molecule has 0 amide bonds. The smallest absolute Gasteiger partial charge is 0.265 e. The van der Waals surface area contributed by atoms with Crippen LogP contribution in [0.25, 0.3) is 0 Å². The van der Waals surface area contributed by atoms with Gasteiger partial charge in [-0.1, -0.05) is 6.07 Å². The lowest BCUT2D eigenvalue weighted by atomic mass is 10.2. The quantitative estimate of drug-likeness (QED) is 0.497. The van der Waals surface area contributed by atoms with Crippen LogP contribution in [0.1, 0.15) is 18.3 Å². The Labute approximate surface area is 176 Å². The van der Waals surface area contributed by atoms with Gasteiger partial charge in [-0.15, -0.1) is 0 Å². The molecule has 8 nitrogen and oxygen atoms in total. The Morgan fingerprint density at radius 2 is 1.60 bits per heavy atom. The SMILES string of the molecule is CCNc1cc(Nc2ccc(NS(=O)(=O)c3cc(C)ccc3OC)cc2)nc(C)n1. The third-order valence-corrected chi connectivity index (χ3v) is 5.62. The first-order valence-electron chi connectivity index (χ1n) is 9.45. The predicted molar refractivity (Wildman–Crippen MR) is 119 cm³/mol.